The average molecular weight is 287 g/mol. The lowest BCUT2D eigenvalue weighted by Crippen LogP contribution is -2.37. The highest BCUT2D eigenvalue weighted by molar-refractivity contribution is 5.82. The van der Waals surface area contributed by atoms with E-state index in [1.165, 1.54) is 0 Å². The Morgan fingerprint density at radius 2 is 2.00 bits per heavy atom. The molecule has 1 aliphatic rings. The van der Waals surface area contributed by atoms with Crippen molar-refractivity contribution in [2.75, 3.05) is 13.1 Å². The summed E-state index contributed by atoms with van der Waals surface area (Å²) >= 11 is 0. The Morgan fingerprint density at radius 1 is 1.29 bits per heavy atom. The molecule has 110 valence electrons. The van der Waals surface area contributed by atoms with Gasteiger partial charge in [0.15, 0.2) is 0 Å². The van der Waals surface area contributed by atoms with Gasteiger partial charge < -0.3 is 9.47 Å². The number of carbonyl (C=O) groups excluding carboxylic acids is 1. The molecule has 1 aromatic heterocycles. The Hall–Kier alpha value is -2.37. The molecule has 3 rings (SSSR count). The summed E-state index contributed by atoms with van der Waals surface area (Å²) in [6.45, 7) is 3.14. The number of hydrogen-bond acceptors (Lipinski definition) is 3. The lowest BCUT2D eigenvalue weighted by atomic mass is 10.0. The number of nitro groups is 1. The van der Waals surface area contributed by atoms with E-state index in [-0.39, 0.29) is 16.5 Å². The maximum atomic E-state index is 11.4. The van der Waals surface area contributed by atoms with Crippen molar-refractivity contribution >= 4 is 22.5 Å². The second kappa shape index (κ2) is 5.20. The highest BCUT2D eigenvalue weighted by Crippen LogP contribution is 2.29. The van der Waals surface area contributed by atoms with E-state index >= 15 is 0 Å². The molecule has 6 nitrogen and oxygen atoms in total. The third kappa shape index (κ3) is 2.49. The number of carbonyl (C=O) groups is 1. The van der Waals surface area contributed by atoms with Crippen molar-refractivity contribution in [1.82, 2.24) is 9.47 Å². The van der Waals surface area contributed by atoms with Gasteiger partial charge in [0, 0.05) is 55.3 Å². The van der Waals surface area contributed by atoms with Crippen LogP contribution in [0.5, 0.6) is 0 Å². The van der Waals surface area contributed by atoms with Crippen LogP contribution in [-0.2, 0) is 4.79 Å². The van der Waals surface area contributed by atoms with Gasteiger partial charge in [0.2, 0.25) is 5.91 Å². The van der Waals surface area contributed by atoms with E-state index in [0.717, 1.165) is 36.8 Å². The van der Waals surface area contributed by atoms with E-state index < -0.39 is 0 Å². The fourth-order valence-corrected chi connectivity index (χ4v) is 3.04. The molecule has 1 saturated heterocycles. The Morgan fingerprint density at radius 3 is 2.62 bits per heavy atom. The Bertz CT molecular complexity index is 699. The predicted molar refractivity (Wildman–Crippen MR) is 79.1 cm³/mol. The van der Waals surface area contributed by atoms with Crippen LogP contribution in [0.15, 0.2) is 30.5 Å². The third-order valence-corrected chi connectivity index (χ3v) is 4.22. The lowest BCUT2D eigenvalue weighted by Gasteiger charge is -2.32. The van der Waals surface area contributed by atoms with Crippen molar-refractivity contribution in [3.05, 3.63) is 40.6 Å². The largest absolute Gasteiger partial charge is 0.344 e. The van der Waals surface area contributed by atoms with Crippen LogP contribution in [0.2, 0.25) is 0 Å². The number of nitrogens with zero attached hydrogens (tertiary/aromatic N) is 3. The van der Waals surface area contributed by atoms with Crippen molar-refractivity contribution in [3.8, 4) is 0 Å². The van der Waals surface area contributed by atoms with E-state index in [2.05, 4.69) is 4.57 Å². The molecule has 1 aliphatic heterocycles. The van der Waals surface area contributed by atoms with E-state index in [1.54, 1.807) is 19.1 Å². The van der Waals surface area contributed by atoms with Crippen LogP contribution >= 0.6 is 0 Å². The van der Waals surface area contributed by atoms with Crippen LogP contribution in [0.4, 0.5) is 5.69 Å². The van der Waals surface area contributed by atoms with Gasteiger partial charge in [0.25, 0.3) is 5.69 Å². The fourth-order valence-electron chi connectivity index (χ4n) is 3.04. The normalized spacial score (nSPS) is 16.3. The molecular formula is C15H17N3O3. The number of amides is 1. The summed E-state index contributed by atoms with van der Waals surface area (Å²) in [6.07, 6.45) is 3.82. The van der Waals surface area contributed by atoms with Gasteiger partial charge in [-0.2, -0.15) is 0 Å². The molecule has 1 aromatic carbocycles. The highest BCUT2D eigenvalue weighted by Gasteiger charge is 2.22. The molecule has 1 amide bonds. The van der Waals surface area contributed by atoms with Gasteiger partial charge in [-0.25, -0.2) is 0 Å². The number of likely N-dealkylation sites (tertiary alicyclic amines) is 1. The molecule has 0 unspecified atom stereocenters. The summed E-state index contributed by atoms with van der Waals surface area (Å²) in [5.41, 5.74) is 1.13. The van der Waals surface area contributed by atoms with Crippen LogP contribution in [0.1, 0.15) is 25.8 Å². The zero-order valence-electron chi connectivity index (χ0n) is 11.9. The molecule has 0 N–H and O–H groups in total. The zero-order valence-corrected chi connectivity index (χ0v) is 11.9. The van der Waals surface area contributed by atoms with Crippen LogP contribution in [0, 0.1) is 10.1 Å². The quantitative estimate of drug-likeness (QED) is 0.630. The van der Waals surface area contributed by atoms with Crippen LogP contribution in [0.25, 0.3) is 10.9 Å². The molecule has 0 bridgehead atoms. The predicted octanol–water partition coefficient (Wildman–Crippen LogP) is 2.73. The van der Waals surface area contributed by atoms with Crippen LogP contribution in [0.3, 0.4) is 0 Å². The summed E-state index contributed by atoms with van der Waals surface area (Å²) in [5.74, 6) is 0.126. The summed E-state index contributed by atoms with van der Waals surface area (Å²) in [6, 6.07) is 7.23. The fraction of sp³-hybridized carbons (Fsp3) is 0.400. The molecule has 0 saturated carbocycles. The smallest absolute Gasteiger partial charge is 0.270 e. The van der Waals surface area contributed by atoms with Gasteiger partial charge in [-0.1, -0.05) is 0 Å². The van der Waals surface area contributed by atoms with E-state index in [1.807, 2.05) is 23.2 Å². The first-order valence-electron chi connectivity index (χ1n) is 7.07. The van der Waals surface area contributed by atoms with Gasteiger partial charge in [0.1, 0.15) is 0 Å². The summed E-state index contributed by atoms with van der Waals surface area (Å²) in [5, 5.41) is 11.7. The van der Waals surface area contributed by atoms with Gasteiger partial charge in [0.05, 0.1) is 4.92 Å². The van der Waals surface area contributed by atoms with E-state index in [9.17, 15) is 14.9 Å². The average Bonchev–Trinajstić information content (AvgIpc) is 2.90. The molecule has 0 atom stereocenters. The Kier molecular flexibility index (Phi) is 3.37. The molecule has 1 fully saturated rings. The molecule has 2 heterocycles. The minimum atomic E-state index is -0.373. The van der Waals surface area contributed by atoms with Crippen molar-refractivity contribution in [1.29, 1.82) is 0 Å². The van der Waals surface area contributed by atoms with Gasteiger partial charge in [-0.15, -0.1) is 0 Å². The molecule has 21 heavy (non-hydrogen) atoms. The van der Waals surface area contributed by atoms with Crippen LogP contribution < -0.4 is 0 Å². The van der Waals surface area contributed by atoms with Gasteiger partial charge >= 0.3 is 0 Å². The Balaban J connectivity index is 1.85. The third-order valence-electron chi connectivity index (χ3n) is 4.22. The van der Waals surface area contributed by atoms with Crippen LogP contribution in [-0.4, -0.2) is 33.4 Å². The van der Waals surface area contributed by atoms with Crippen molar-refractivity contribution in [2.45, 2.75) is 25.8 Å². The second-order valence-electron chi connectivity index (χ2n) is 5.46. The zero-order chi connectivity index (χ0) is 15.0. The molecular weight excluding hydrogens is 270 g/mol. The lowest BCUT2D eigenvalue weighted by molar-refractivity contribution is -0.384. The molecule has 2 aromatic rings. The number of fused-ring (bicyclic) bond motifs is 1. The topological polar surface area (TPSA) is 68.4 Å². The summed E-state index contributed by atoms with van der Waals surface area (Å²) < 4.78 is 2.18. The number of nitro benzene ring substituents is 1. The van der Waals surface area contributed by atoms with Crippen molar-refractivity contribution < 1.29 is 9.72 Å². The van der Waals surface area contributed by atoms with Crippen molar-refractivity contribution in [3.63, 3.8) is 0 Å². The first-order chi connectivity index (χ1) is 10.1. The number of non-ortho nitro benzene ring substituents is 1. The number of hydrogen-bond donors (Lipinski definition) is 0. The molecule has 6 heteroatoms. The second-order valence-corrected chi connectivity index (χ2v) is 5.46. The van der Waals surface area contributed by atoms with E-state index in [4.69, 9.17) is 0 Å². The summed E-state index contributed by atoms with van der Waals surface area (Å²) in [4.78, 5) is 23.7. The number of aromatic nitrogens is 1. The van der Waals surface area contributed by atoms with Gasteiger partial charge in [-0.3, -0.25) is 14.9 Å². The maximum Gasteiger partial charge on any atom is 0.270 e. The first-order valence-corrected chi connectivity index (χ1v) is 7.07. The highest BCUT2D eigenvalue weighted by atomic mass is 16.6. The van der Waals surface area contributed by atoms with E-state index in [0.29, 0.717) is 6.04 Å². The number of rotatable bonds is 2. The maximum absolute atomic E-state index is 11.4. The minimum Gasteiger partial charge on any atom is -0.344 e. The number of benzene rings is 1. The molecule has 0 aliphatic carbocycles. The van der Waals surface area contributed by atoms with Gasteiger partial charge in [-0.05, 0) is 25.0 Å². The molecule has 0 radical (unpaired) electrons. The summed E-state index contributed by atoms with van der Waals surface area (Å²) in [7, 11) is 0. The molecule has 0 spiro atoms. The first kappa shape index (κ1) is 13.6. The monoisotopic (exact) mass is 287 g/mol. The minimum absolute atomic E-state index is 0.117. The Labute approximate surface area is 122 Å². The number of piperidine rings is 1. The standard InChI is InChI=1S/C15H17N3O3/c1-11(19)16-7-5-13(6-8-16)17-9-4-12-10-14(18(20)21)2-3-15(12)17/h2-4,9-10,13H,5-8H2,1H3. The SMILES string of the molecule is CC(=O)N1CCC(n2ccc3cc([N+](=O)[O-])ccc32)CC1. The van der Waals surface area contributed by atoms with Crippen molar-refractivity contribution in [2.24, 2.45) is 0 Å².